The molecule has 90 valence electrons. The molecule has 0 saturated heterocycles. The molecule has 2 N–H and O–H groups in total. The Labute approximate surface area is 96.3 Å². The zero-order valence-corrected chi connectivity index (χ0v) is 9.80. The summed E-state index contributed by atoms with van der Waals surface area (Å²) in [6, 6.07) is 0. The van der Waals surface area contributed by atoms with Gasteiger partial charge >= 0.3 is 17.3 Å². The van der Waals surface area contributed by atoms with Gasteiger partial charge in [-0.15, -0.1) is 11.6 Å². The second kappa shape index (κ2) is 9.08. The Kier molecular flexibility index (Phi) is 8.98. The summed E-state index contributed by atoms with van der Waals surface area (Å²) >= 11 is 3.20. The molecule has 0 rings (SSSR count). The van der Waals surface area contributed by atoms with Gasteiger partial charge in [0.15, 0.2) is 0 Å². The molecule has 0 aromatic rings. The van der Waals surface area contributed by atoms with Crippen molar-refractivity contribution in [2.75, 3.05) is 5.88 Å². The standard InChI is InChI=1S/C8H15ClO5S/c9-6-5-7(14-15(12)13)3-1-2-4-8(10)11/h7H,1-6H2,(H,10,11)(H,12,13). The Hall–Kier alpha value is -0.170. The largest absolute Gasteiger partial charge is 0.481 e. The fourth-order valence-corrected chi connectivity index (χ4v) is 1.80. The van der Waals surface area contributed by atoms with Crippen LogP contribution in [0.1, 0.15) is 32.1 Å². The number of carboxylic acid groups (broad SMARTS) is 1. The van der Waals surface area contributed by atoms with E-state index in [-0.39, 0.29) is 12.5 Å². The Morgan fingerprint density at radius 3 is 2.53 bits per heavy atom. The third kappa shape index (κ3) is 10.1. The number of carboxylic acids is 1. The van der Waals surface area contributed by atoms with Gasteiger partial charge < -0.3 is 5.11 Å². The lowest BCUT2D eigenvalue weighted by atomic mass is 10.1. The normalized spacial score (nSPS) is 14.8. The lowest BCUT2D eigenvalue weighted by Gasteiger charge is -2.12. The van der Waals surface area contributed by atoms with Gasteiger partial charge in [0.2, 0.25) is 0 Å². The van der Waals surface area contributed by atoms with Crippen LogP contribution >= 0.6 is 11.6 Å². The number of hydrogen-bond acceptors (Lipinski definition) is 3. The van der Waals surface area contributed by atoms with Gasteiger partial charge in [-0.2, -0.15) is 4.21 Å². The van der Waals surface area contributed by atoms with Crippen LogP contribution in [0.25, 0.3) is 0 Å². The van der Waals surface area contributed by atoms with Gasteiger partial charge in [-0.25, -0.2) is 0 Å². The van der Waals surface area contributed by atoms with Crippen molar-refractivity contribution in [3.63, 3.8) is 0 Å². The molecule has 0 aromatic heterocycles. The molecule has 0 spiro atoms. The first kappa shape index (κ1) is 14.8. The molecular formula is C8H15ClO5S. The first-order chi connectivity index (χ1) is 7.06. The minimum absolute atomic E-state index is 0.107. The predicted molar refractivity (Wildman–Crippen MR) is 57.1 cm³/mol. The van der Waals surface area contributed by atoms with E-state index in [0.717, 1.165) is 0 Å². The summed E-state index contributed by atoms with van der Waals surface area (Å²) in [5.41, 5.74) is 0. The van der Waals surface area contributed by atoms with Crippen LogP contribution in [0.15, 0.2) is 0 Å². The van der Waals surface area contributed by atoms with E-state index in [9.17, 15) is 9.00 Å². The second-order valence-corrected chi connectivity index (χ2v) is 4.06. The van der Waals surface area contributed by atoms with Crippen LogP contribution in [-0.4, -0.2) is 31.8 Å². The number of unbranched alkanes of at least 4 members (excludes halogenated alkanes) is 1. The van der Waals surface area contributed by atoms with Crippen molar-refractivity contribution >= 4 is 28.9 Å². The predicted octanol–water partition coefficient (Wildman–Crippen LogP) is 1.78. The number of hydrogen-bond donors (Lipinski definition) is 2. The Bertz CT molecular complexity index is 211. The lowest BCUT2D eigenvalue weighted by molar-refractivity contribution is -0.137. The summed E-state index contributed by atoms with van der Waals surface area (Å²) in [5.74, 6) is -0.489. The van der Waals surface area contributed by atoms with Gasteiger partial charge in [-0.3, -0.25) is 13.5 Å². The Morgan fingerprint density at radius 1 is 1.40 bits per heavy atom. The number of aliphatic carboxylic acids is 1. The molecule has 0 aliphatic carbocycles. The summed E-state index contributed by atoms with van der Waals surface area (Å²) in [6.07, 6.45) is 1.95. The van der Waals surface area contributed by atoms with Crippen LogP contribution in [0.5, 0.6) is 0 Å². The maximum absolute atomic E-state index is 10.4. The molecule has 0 aliphatic heterocycles. The fourth-order valence-electron chi connectivity index (χ4n) is 1.13. The van der Waals surface area contributed by atoms with Gasteiger partial charge in [0, 0.05) is 12.3 Å². The first-order valence-corrected chi connectivity index (χ1v) is 6.18. The van der Waals surface area contributed by atoms with Gasteiger partial charge in [0.1, 0.15) is 0 Å². The molecule has 0 amide bonds. The molecule has 2 unspecified atom stereocenters. The summed E-state index contributed by atoms with van der Waals surface area (Å²) in [6.45, 7) is 0. The molecule has 0 aromatic carbocycles. The molecule has 0 aliphatic rings. The van der Waals surface area contributed by atoms with Crippen molar-refractivity contribution in [1.29, 1.82) is 0 Å². The van der Waals surface area contributed by atoms with E-state index in [2.05, 4.69) is 0 Å². The van der Waals surface area contributed by atoms with Gasteiger partial charge in [-0.1, -0.05) is 6.42 Å². The summed E-state index contributed by atoms with van der Waals surface area (Å²) < 4.78 is 23.6. The van der Waals surface area contributed by atoms with Crippen LogP contribution in [0.2, 0.25) is 0 Å². The molecule has 15 heavy (non-hydrogen) atoms. The Morgan fingerprint density at radius 2 is 2.07 bits per heavy atom. The average molecular weight is 259 g/mol. The fraction of sp³-hybridized carbons (Fsp3) is 0.875. The maximum atomic E-state index is 10.4. The molecule has 5 nitrogen and oxygen atoms in total. The van der Waals surface area contributed by atoms with Crippen molar-refractivity contribution < 1.29 is 22.8 Å². The monoisotopic (exact) mass is 258 g/mol. The van der Waals surface area contributed by atoms with Gasteiger partial charge in [0.05, 0.1) is 6.10 Å². The quantitative estimate of drug-likeness (QED) is 0.374. The third-order valence-electron chi connectivity index (χ3n) is 1.82. The smallest absolute Gasteiger partial charge is 0.303 e. The van der Waals surface area contributed by atoms with Crippen LogP contribution < -0.4 is 0 Å². The summed E-state index contributed by atoms with van der Waals surface area (Å²) in [7, 11) is 0. The highest BCUT2D eigenvalue weighted by molar-refractivity contribution is 7.74. The van der Waals surface area contributed by atoms with Gasteiger partial charge in [-0.05, 0) is 19.3 Å². The molecule has 0 saturated carbocycles. The maximum Gasteiger partial charge on any atom is 0.303 e. The van der Waals surface area contributed by atoms with Crippen LogP contribution in [-0.2, 0) is 20.3 Å². The molecule has 2 atom stereocenters. The topological polar surface area (TPSA) is 83.8 Å². The zero-order valence-electron chi connectivity index (χ0n) is 8.23. The molecule has 7 heteroatoms. The van der Waals surface area contributed by atoms with E-state index in [4.69, 9.17) is 25.4 Å². The number of alkyl halides is 1. The van der Waals surface area contributed by atoms with Crippen molar-refractivity contribution in [3.8, 4) is 0 Å². The Balaban J connectivity index is 3.65. The molecule has 0 heterocycles. The van der Waals surface area contributed by atoms with Crippen molar-refractivity contribution in [2.24, 2.45) is 0 Å². The number of rotatable bonds is 9. The molecule has 0 fully saturated rings. The van der Waals surface area contributed by atoms with Crippen LogP contribution in [0.4, 0.5) is 0 Å². The average Bonchev–Trinajstić information content (AvgIpc) is 2.11. The van der Waals surface area contributed by atoms with E-state index in [1.54, 1.807) is 0 Å². The van der Waals surface area contributed by atoms with Crippen LogP contribution in [0.3, 0.4) is 0 Å². The molecule has 0 bridgehead atoms. The zero-order chi connectivity index (χ0) is 11.7. The summed E-state index contributed by atoms with van der Waals surface area (Å²) in [5, 5.41) is 8.39. The number of halogens is 1. The van der Waals surface area contributed by atoms with E-state index >= 15 is 0 Å². The first-order valence-electron chi connectivity index (χ1n) is 4.62. The van der Waals surface area contributed by atoms with Gasteiger partial charge in [0.25, 0.3) is 0 Å². The highest BCUT2D eigenvalue weighted by atomic mass is 35.5. The second-order valence-electron chi connectivity index (χ2n) is 3.05. The minimum atomic E-state index is -2.29. The van der Waals surface area contributed by atoms with Crippen LogP contribution in [0, 0.1) is 0 Å². The van der Waals surface area contributed by atoms with E-state index < -0.39 is 17.3 Å². The third-order valence-corrected chi connectivity index (χ3v) is 2.47. The highest BCUT2D eigenvalue weighted by Gasteiger charge is 2.11. The number of carbonyl (C=O) groups is 1. The van der Waals surface area contributed by atoms with E-state index in [1.807, 2.05) is 0 Å². The van der Waals surface area contributed by atoms with Crippen molar-refractivity contribution in [2.45, 2.75) is 38.2 Å². The SMILES string of the molecule is O=C(O)CCCCC(CCCl)OS(=O)O. The summed E-state index contributed by atoms with van der Waals surface area (Å²) in [4.78, 5) is 10.2. The minimum Gasteiger partial charge on any atom is -0.481 e. The molecule has 0 radical (unpaired) electrons. The van der Waals surface area contributed by atoms with Crippen molar-refractivity contribution in [1.82, 2.24) is 0 Å². The van der Waals surface area contributed by atoms with E-state index in [0.29, 0.717) is 31.6 Å². The molecular weight excluding hydrogens is 244 g/mol. The highest BCUT2D eigenvalue weighted by Crippen LogP contribution is 2.12. The van der Waals surface area contributed by atoms with Crippen molar-refractivity contribution in [3.05, 3.63) is 0 Å². The lowest BCUT2D eigenvalue weighted by Crippen LogP contribution is -2.15. The van der Waals surface area contributed by atoms with E-state index in [1.165, 1.54) is 0 Å².